The first-order chi connectivity index (χ1) is 12.5. The molecule has 134 valence electrons. The van der Waals surface area contributed by atoms with Gasteiger partial charge in [-0.2, -0.15) is 0 Å². The number of nitrogens with zero attached hydrogens (tertiary/aromatic N) is 3. The maximum Gasteiger partial charge on any atom is 0.332 e. The Morgan fingerprint density at radius 2 is 1.81 bits per heavy atom. The molecule has 26 heavy (non-hydrogen) atoms. The molecular weight excluding hydrogens is 336 g/mol. The smallest absolute Gasteiger partial charge is 0.332 e. The maximum atomic E-state index is 12.7. The number of aryl methyl sites for hydroxylation is 2. The molecule has 0 fully saturated rings. The SMILES string of the molecule is Cc1cnc2c(c1Nc1ccc3c(c1)OCCO3)c(=O)n(C)c(=O)n2C. The van der Waals surface area contributed by atoms with E-state index in [1.807, 2.05) is 25.1 Å². The van der Waals surface area contributed by atoms with Crippen LogP contribution >= 0.6 is 0 Å². The molecule has 2 aromatic heterocycles. The van der Waals surface area contributed by atoms with Crippen molar-refractivity contribution in [2.24, 2.45) is 14.1 Å². The van der Waals surface area contributed by atoms with E-state index >= 15 is 0 Å². The zero-order valence-corrected chi connectivity index (χ0v) is 14.7. The molecule has 1 N–H and O–H groups in total. The highest BCUT2D eigenvalue weighted by atomic mass is 16.6. The van der Waals surface area contributed by atoms with Crippen LogP contribution < -0.4 is 26.0 Å². The molecule has 0 bridgehead atoms. The second-order valence-corrected chi connectivity index (χ2v) is 6.20. The maximum absolute atomic E-state index is 12.7. The Bertz CT molecular complexity index is 1150. The molecule has 1 aliphatic heterocycles. The van der Waals surface area contributed by atoms with Crippen LogP contribution in [0.15, 0.2) is 34.0 Å². The Balaban J connectivity index is 1.91. The third-order valence-corrected chi connectivity index (χ3v) is 4.47. The number of anilines is 2. The molecule has 0 aliphatic carbocycles. The summed E-state index contributed by atoms with van der Waals surface area (Å²) in [7, 11) is 3.06. The molecule has 8 heteroatoms. The van der Waals surface area contributed by atoms with Gasteiger partial charge in [0.2, 0.25) is 0 Å². The Morgan fingerprint density at radius 1 is 1.08 bits per heavy atom. The van der Waals surface area contributed by atoms with E-state index in [-0.39, 0.29) is 5.56 Å². The largest absolute Gasteiger partial charge is 0.486 e. The molecule has 0 saturated carbocycles. The molecule has 0 unspecified atom stereocenters. The van der Waals surface area contributed by atoms with Crippen LogP contribution in [-0.4, -0.2) is 27.3 Å². The van der Waals surface area contributed by atoms with Gasteiger partial charge < -0.3 is 14.8 Å². The summed E-state index contributed by atoms with van der Waals surface area (Å²) >= 11 is 0. The summed E-state index contributed by atoms with van der Waals surface area (Å²) in [4.78, 5) is 29.2. The fourth-order valence-corrected chi connectivity index (χ4v) is 3.05. The summed E-state index contributed by atoms with van der Waals surface area (Å²) in [5.74, 6) is 1.34. The summed E-state index contributed by atoms with van der Waals surface area (Å²) < 4.78 is 13.6. The van der Waals surface area contributed by atoms with Gasteiger partial charge in [-0.25, -0.2) is 9.78 Å². The van der Waals surface area contributed by atoms with Crippen LogP contribution in [0.3, 0.4) is 0 Å². The molecule has 3 aromatic rings. The zero-order valence-electron chi connectivity index (χ0n) is 14.7. The highest BCUT2D eigenvalue weighted by Gasteiger charge is 2.17. The average molecular weight is 354 g/mol. The van der Waals surface area contributed by atoms with Gasteiger partial charge in [0.15, 0.2) is 17.1 Å². The van der Waals surface area contributed by atoms with Crippen molar-refractivity contribution < 1.29 is 9.47 Å². The number of rotatable bonds is 2. The number of aromatic nitrogens is 3. The number of ether oxygens (including phenoxy) is 2. The molecule has 0 saturated heterocycles. The average Bonchev–Trinajstić information content (AvgIpc) is 2.66. The Kier molecular flexibility index (Phi) is 3.68. The first-order valence-electron chi connectivity index (χ1n) is 8.19. The number of nitrogens with one attached hydrogen (secondary N) is 1. The van der Waals surface area contributed by atoms with Crippen LogP contribution in [0, 0.1) is 6.92 Å². The van der Waals surface area contributed by atoms with Crippen molar-refractivity contribution in [2.75, 3.05) is 18.5 Å². The molecule has 0 atom stereocenters. The van der Waals surface area contributed by atoms with E-state index in [1.165, 1.54) is 11.6 Å². The van der Waals surface area contributed by atoms with Crippen LogP contribution in [0.1, 0.15) is 5.56 Å². The third kappa shape index (κ3) is 2.42. The molecule has 1 aliphatic rings. The van der Waals surface area contributed by atoms with Crippen molar-refractivity contribution >= 4 is 22.4 Å². The van der Waals surface area contributed by atoms with E-state index < -0.39 is 5.69 Å². The molecule has 8 nitrogen and oxygen atoms in total. The van der Waals surface area contributed by atoms with Crippen molar-refractivity contribution in [3.8, 4) is 11.5 Å². The van der Waals surface area contributed by atoms with Crippen molar-refractivity contribution in [1.29, 1.82) is 0 Å². The summed E-state index contributed by atoms with van der Waals surface area (Å²) in [5, 5.41) is 3.64. The van der Waals surface area contributed by atoms with Gasteiger partial charge >= 0.3 is 5.69 Å². The molecule has 3 heterocycles. The second-order valence-electron chi connectivity index (χ2n) is 6.20. The van der Waals surface area contributed by atoms with Gasteiger partial charge in [-0.3, -0.25) is 13.9 Å². The lowest BCUT2D eigenvalue weighted by atomic mass is 10.1. The third-order valence-electron chi connectivity index (χ3n) is 4.47. The number of benzene rings is 1. The number of hydrogen-bond donors (Lipinski definition) is 1. The van der Waals surface area contributed by atoms with Crippen LogP contribution in [0.5, 0.6) is 11.5 Å². The van der Waals surface area contributed by atoms with Crippen LogP contribution in [-0.2, 0) is 14.1 Å². The zero-order chi connectivity index (χ0) is 18.4. The molecular formula is C18H18N4O4. The van der Waals surface area contributed by atoms with Gasteiger partial charge in [0.05, 0.1) is 5.69 Å². The van der Waals surface area contributed by atoms with Gasteiger partial charge in [0.1, 0.15) is 18.6 Å². The Labute approximate surface area is 148 Å². The first-order valence-corrected chi connectivity index (χ1v) is 8.19. The van der Waals surface area contributed by atoms with E-state index in [2.05, 4.69) is 10.3 Å². The topological polar surface area (TPSA) is 87.4 Å². The molecule has 1 aromatic carbocycles. The summed E-state index contributed by atoms with van der Waals surface area (Å²) in [6, 6.07) is 5.50. The Morgan fingerprint density at radius 3 is 2.58 bits per heavy atom. The van der Waals surface area contributed by atoms with E-state index in [1.54, 1.807) is 13.2 Å². The lowest BCUT2D eigenvalue weighted by Crippen LogP contribution is -2.37. The van der Waals surface area contributed by atoms with Gasteiger partial charge in [-0.05, 0) is 24.6 Å². The van der Waals surface area contributed by atoms with Gasteiger partial charge in [0.25, 0.3) is 5.56 Å². The fraction of sp³-hybridized carbons (Fsp3) is 0.278. The van der Waals surface area contributed by atoms with Crippen molar-refractivity contribution in [2.45, 2.75) is 6.92 Å². The predicted octanol–water partition coefficient (Wildman–Crippen LogP) is 1.46. The Hall–Kier alpha value is -3.29. The summed E-state index contributed by atoms with van der Waals surface area (Å²) in [6.07, 6.45) is 1.64. The monoisotopic (exact) mass is 354 g/mol. The van der Waals surface area contributed by atoms with Gasteiger partial charge in [-0.15, -0.1) is 0 Å². The number of hydrogen-bond acceptors (Lipinski definition) is 6. The highest BCUT2D eigenvalue weighted by Crippen LogP contribution is 2.34. The summed E-state index contributed by atoms with van der Waals surface area (Å²) in [5.41, 5.74) is 1.69. The first kappa shape index (κ1) is 16.2. The second kappa shape index (κ2) is 5.91. The van der Waals surface area contributed by atoms with Gasteiger partial charge in [-0.1, -0.05) is 0 Å². The van der Waals surface area contributed by atoms with Crippen LogP contribution in [0.4, 0.5) is 11.4 Å². The minimum absolute atomic E-state index is 0.337. The molecule has 0 radical (unpaired) electrons. The number of fused-ring (bicyclic) bond motifs is 2. The van der Waals surface area contributed by atoms with E-state index in [4.69, 9.17) is 9.47 Å². The molecule has 0 spiro atoms. The lowest BCUT2D eigenvalue weighted by molar-refractivity contribution is 0.171. The predicted molar refractivity (Wildman–Crippen MR) is 97.7 cm³/mol. The highest BCUT2D eigenvalue weighted by molar-refractivity contribution is 5.92. The molecule has 4 rings (SSSR count). The minimum atomic E-state index is -0.413. The van der Waals surface area contributed by atoms with Gasteiger partial charge in [0, 0.05) is 32.0 Å². The van der Waals surface area contributed by atoms with Crippen molar-refractivity contribution in [1.82, 2.24) is 14.1 Å². The van der Waals surface area contributed by atoms with E-state index in [9.17, 15) is 9.59 Å². The van der Waals surface area contributed by atoms with Crippen LogP contribution in [0.25, 0.3) is 11.0 Å². The normalized spacial score (nSPS) is 13.0. The van der Waals surface area contributed by atoms with Crippen LogP contribution in [0.2, 0.25) is 0 Å². The quantitative estimate of drug-likeness (QED) is 0.750. The van der Waals surface area contributed by atoms with E-state index in [0.717, 1.165) is 15.8 Å². The van der Waals surface area contributed by atoms with Crippen molar-refractivity contribution in [3.63, 3.8) is 0 Å². The fourth-order valence-electron chi connectivity index (χ4n) is 3.05. The standard InChI is InChI=1S/C18H18N4O4/c1-10-9-19-16-14(17(23)22(3)18(24)21(16)2)15(10)20-11-4-5-12-13(8-11)26-7-6-25-12/h4-5,8-9H,6-7H2,1-3H3,(H,19,20). The summed E-state index contributed by atoms with van der Waals surface area (Å²) in [6.45, 7) is 2.88. The van der Waals surface area contributed by atoms with Crippen molar-refractivity contribution in [3.05, 3.63) is 50.8 Å². The lowest BCUT2D eigenvalue weighted by Gasteiger charge is -2.20. The van der Waals surface area contributed by atoms with E-state index in [0.29, 0.717) is 41.4 Å². The number of pyridine rings is 1. The molecule has 0 amide bonds. The minimum Gasteiger partial charge on any atom is -0.486 e.